The van der Waals surface area contributed by atoms with Crippen LogP contribution < -0.4 is 0 Å². The Kier molecular flexibility index (Phi) is 6.82. The SMILES string of the molecule is CCCS(=O)(=O)CCN1CCCCC1CCCl. The maximum Gasteiger partial charge on any atom is 0.151 e. The first-order valence-electron chi connectivity index (χ1n) is 6.59. The molecule has 0 radical (unpaired) electrons. The van der Waals surface area contributed by atoms with E-state index in [1.807, 2.05) is 6.92 Å². The zero-order valence-electron chi connectivity index (χ0n) is 10.7. The fourth-order valence-corrected chi connectivity index (χ4v) is 4.07. The molecule has 1 fully saturated rings. The third-order valence-electron chi connectivity index (χ3n) is 3.40. The summed E-state index contributed by atoms with van der Waals surface area (Å²) in [6, 6.07) is 0.498. The number of halogens is 1. The molecule has 102 valence electrons. The Morgan fingerprint density at radius 1 is 1.29 bits per heavy atom. The average molecular weight is 282 g/mol. The fraction of sp³-hybridized carbons (Fsp3) is 1.00. The van der Waals surface area contributed by atoms with Crippen molar-refractivity contribution in [2.24, 2.45) is 0 Å². The maximum atomic E-state index is 11.7. The van der Waals surface area contributed by atoms with Crippen LogP contribution in [0.4, 0.5) is 0 Å². The molecule has 5 heteroatoms. The van der Waals surface area contributed by atoms with E-state index in [9.17, 15) is 8.42 Å². The lowest BCUT2D eigenvalue weighted by Crippen LogP contribution is -2.42. The van der Waals surface area contributed by atoms with Crippen LogP contribution in [0.2, 0.25) is 0 Å². The Morgan fingerprint density at radius 2 is 2.06 bits per heavy atom. The van der Waals surface area contributed by atoms with E-state index in [1.54, 1.807) is 0 Å². The standard InChI is InChI=1S/C12H24ClNO2S/c1-2-10-17(15,16)11-9-14-8-4-3-5-12(14)6-7-13/h12H,2-11H2,1H3. The largest absolute Gasteiger partial charge is 0.299 e. The van der Waals surface area contributed by atoms with Crippen LogP contribution in [0.1, 0.15) is 39.0 Å². The highest BCUT2D eigenvalue weighted by Crippen LogP contribution is 2.19. The lowest BCUT2D eigenvalue weighted by Gasteiger charge is -2.35. The Morgan fingerprint density at radius 3 is 2.71 bits per heavy atom. The van der Waals surface area contributed by atoms with Crippen molar-refractivity contribution in [1.82, 2.24) is 4.90 Å². The van der Waals surface area contributed by atoms with Crippen molar-refractivity contribution in [3.05, 3.63) is 0 Å². The van der Waals surface area contributed by atoms with Crippen LogP contribution in [0.15, 0.2) is 0 Å². The van der Waals surface area contributed by atoms with Gasteiger partial charge < -0.3 is 0 Å². The molecule has 0 amide bonds. The molecule has 0 aromatic carbocycles. The molecule has 0 aromatic heterocycles. The summed E-state index contributed by atoms with van der Waals surface area (Å²) in [5.41, 5.74) is 0. The second-order valence-corrected chi connectivity index (χ2v) is 7.50. The number of nitrogens with zero attached hydrogens (tertiary/aromatic N) is 1. The van der Waals surface area contributed by atoms with Gasteiger partial charge in [0.2, 0.25) is 0 Å². The van der Waals surface area contributed by atoms with Crippen molar-refractivity contribution >= 4 is 21.4 Å². The summed E-state index contributed by atoms with van der Waals surface area (Å²) in [4.78, 5) is 2.32. The van der Waals surface area contributed by atoms with E-state index < -0.39 is 9.84 Å². The second-order valence-electron chi connectivity index (χ2n) is 4.82. The molecule has 1 unspecified atom stereocenters. The van der Waals surface area contributed by atoms with Gasteiger partial charge in [0.15, 0.2) is 9.84 Å². The van der Waals surface area contributed by atoms with Gasteiger partial charge in [-0.15, -0.1) is 11.6 Å². The van der Waals surface area contributed by atoms with E-state index in [0.717, 1.165) is 13.0 Å². The molecular weight excluding hydrogens is 258 g/mol. The van der Waals surface area contributed by atoms with Gasteiger partial charge >= 0.3 is 0 Å². The number of sulfone groups is 1. The van der Waals surface area contributed by atoms with Gasteiger partial charge in [-0.25, -0.2) is 8.42 Å². The maximum absolute atomic E-state index is 11.7. The number of likely N-dealkylation sites (tertiary alicyclic amines) is 1. The molecule has 3 nitrogen and oxygen atoms in total. The summed E-state index contributed by atoms with van der Waals surface area (Å²) >= 11 is 5.80. The number of piperidine rings is 1. The van der Waals surface area contributed by atoms with Gasteiger partial charge in [0.1, 0.15) is 0 Å². The summed E-state index contributed by atoms with van der Waals surface area (Å²) in [6.07, 6.45) is 5.30. The number of rotatable bonds is 7. The lowest BCUT2D eigenvalue weighted by atomic mass is 10.0. The van der Waals surface area contributed by atoms with Crippen molar-refractivity contribution in [3.63, 3.8) is 0 Å². The molecule has 0 aliphatic carbocycles. The van der Waals surface area contributed by atoms with Gasteiger partial charge in [0.05, 0.1) is 5.75 Å². The van der Waals surface area contributed by atoms with E-state index in [-0.39, 0.29) is 0 Å². The van der Waals surface area contributed by atoms with Crippen LogP contribution in [-0.2, 0) is 9.84 Å². The van der Waals surface area contributed by atoms with Crippen LogP contribution in [0.25, 0.3) is 0 Å². The van der Waals surface area contributed by atoms with Crippen LogP contribution in [0.3, 0.4) is 0 Å². The number of alkyl halides is 1. The highest BCUT2D eigenvalue weighted by molar-refractivity contribution is 7.91. The molecule has 1 saturated heterocycles. The van der Waals surface area contributed by atoms with Crippen LogP contribution in [0.5, 0.6) is 0 Å². The average Bonchev–Trinajstić information content (AvgIpc) is 2.28. The van der Waals surface area contributed by atoms with Gasteiger partial charge in [-0.05, 0) is 32.2 Å². The molecule has 0 saturated carbocycles. The summed E-state index contributed by atoms with van der Waals surface area (Å²) in [5, 5.41) is 0. The van der Waals surface area contributed by atoms with E-state index in [4.69, 9.17) is 11.6 Å². The zero-order chi connectivity index (χ0) is 12.7. The smallest absolute Gasteiger partial charge is 0.151 e. The first-order valence-corrected chi connectivity index (χ1v) is 8.95. The predicted octanol–water partition coefficient (Wildman–Crippen LogP) is 2.29. The van der Waals surface area contributed by atoms with E-state index in [2.05, 4.69) is 4.90 Å². The molecular formula is C12H24ClNO2S. The fourth-order valence-electron chi connectivity index (χ4n) is 2.48. The molecule has 0 aromatic rings. The Balaban J connectivity index is 2.42. The second kappa shape index (κ2) is 7.59. The molecule has 1 atom stereocenters. The van der Waals surface area contributed by atoms with E-state index >= 15 is 0 Å². The van der Waals surface area contributed by atoms with Gasteiger partial charge in [-0.1, -0.05) is 13.3 Å². The van der Waals surface area contributed by atoms with Gasteiger partial charge in [0, 0.05) is 24.2 Å². The molecule has 1 aliphatic heterocycles. The van der Waals surface area contributed by atoms with E-state index in [1.165, 1.54) is 19.3 Å². The van der Waals surface area contributed by atoms with Gasteiger partial charge in [-0.3, -0.25) is 4.90 Å². The third-order valence-corrected chi connectivity index (χ3v) is 5.45. The van der Waals surface area contributed by atoms with Gasteiger partial charge in [0.25, 0.3) is 0 Å². The summed E-state index contributed by atoms with van der Waals surface area (Å²) in [7, 11) is -2.84. The first-order chi connectivity index (χ1) is 8.09. The zero-order valence-corrected chi connectivity index (χ0v) is 12.3. The monoisotopic (exact) mass is 281 g/mol. The number of hydrogen-bond donors (Lipinski definition) is 0. The molecule has 17 heavy (non-hydrogen) atoms. The summed E-state index contributed by atoms with van der Waals surface area (Å²) in [5.74, 6) is 1.30. The normalized spacial score (nSPS) is 22.8. The van der Waals surface area contributed by atoms with Crippen molar-refractivity contribution in [2.75, 3.05) is 30.5 Å². The van der Waals surface area contributed by atoms with Gasteiger partial charge in [-0.2, -0.15) is 0 Å². The third kappa shape index (κ3) is 5.58. The highest BCUT2D eigenvalue weighted by atomic mass is 35.5. The molecule has 0 spiro atoms. The lowest BCUT2D eigenvalue weighted by molar-refractivity contribution is 0.153. The van der Waals surface area contributed by atoms with Crippen LogP contribution in [-0.4, -0.2) is 49.8 Å². The molecule has 0 bridgehead atoms. The predicted molar refractivity (Wildman–Crippen MR) is 73.5 cm³/mol. The molecule has 0 N–H and O–H groups in total. The summed E-state index contributed by atoms with van der Waals surface area (Å²) in [6.45, 7) is 3.63. The Bertz CT molecular complexity index is 304. The topological polar surface area (TPSA) is 37.4 Å². The minimum atomic E-state index is -2.84. The van der Waals surface area contributed by atoms with Crippen LogP contribution in [0, 0.1) is 0 Å². The van der Waals surface area contributed by atoms with Crippen molar-refractivity contribution in [3.8, 4) is 0 Å². The minimum Gasteiger partial charge on any atom is -0.299 e. The number of hydrogen-bond acceptors (Lipinski definition) is 3. The minimum absolute atomic E-state index is 0.305. The first kappa shape index (κ1) is 15.3. The molecule has 1 aliphatic rings. The quantitative estimate of drug-likeness (QED) is 0.672. The van der Waals surface area contributed by atoms with E-state index in [0.29, 0.717) is 36.4 Å². The Hall–Kier alpha value is 0.200. The van der Waals surface area contributed by atoms with Crippen LogP contribution >= 0.6 is 11.6 Å². The van der Waals surface area contributed by atoms with Crippen molar-refractivity contribution < 1.29 is 8.42 Å². The van der Waals surface area contributed by atoms with Crippen molar-refractivity contribution in [2.45, 2.75) is 45.1 Å². The Labute approximate surface area is 110 Å². The van der Waals surface area contributed by atoms with Crippen molar-refractivity contribution in [1.29, 1.82) is 0 Å². The highest BCUT2D eigenvalue weighted by Gasteiger charge is 2.23. The summed E-state index contributed by atoms with van der Waals surface area (Å²) < 4.78 is 23.4. The molecule has 1 rings (SSSR count). The molecule has 1 heterocycles.